The third-order valence-corrected chi connectivity index (χ3v) is 4.60. The molecular formula is C11H26N2O2S2. The van der Waals surface area contributed by atoms with E-state index in [4.69, 9.17) is 0 Å². The summed E-state index contributed by atoms with van der Waals surface area (Å²) < 4.78 is 26.3. The molecule has 0 fully saturated rings. The smallest absolute Gasteiger partial charge is 0.211 e. The lowest BCUT2D eigenvalue weighted by Crippen LogP contribution is -2.38. The lowest BCUT2D eigenvalue weighted by Gasteiger charge is -2.16. The van der Waals surface area contributed by atoms with Gasteiger partial charge in [-0.3, -0.25) is 0 Å². The topological polar surface area (TPSA) is 58.2 Å². The zero-order valence-corrected chi connectivity index (χ0v) is 13.0. The summed E-state index contributed by atoms with van der Waals surface area (Å²) in [5.74, 6) is 1.04. The van der Waals surface area contributed by atoms with Gasteiger partial charge in [0.25, 0.3) is 0 Å². The zero-order valence-electron chi connectivity index (χ0n) is 11.3. The van der Waals surface area contributed by atoms with Gasteiger partial charge in [-0.1, -0.05) is 20.8 Å². The van der Waals surface area contributed by atoms with E-state index in [0.29, 0.717) is 12.5 Å². The van der Waals surface area contributed by atoms with Gasteiger partial charge in [0.15, 0.2) is 0 Å². The van der Waals surface area contributed by atoms with E-state index in [1.807, 2.05) is 13.2 Å². The Kier molecular flexibility index (Phi) is 9.31. The van der Waals surface area contributed by atoms with Crippen molar-refractivity contribution < 1.29 is 8.42 Å². The Labute approximate surface area is 110 Å². The molecule has 0 heterocycles. The van der Waals surface area contributed by atoms with Gasteiger partial charge in [-0.2, -0.15) is 11.8 Å². The Morgan fingerprint density at radius 3 is 2.41 bits per heavy atom. The maximum atomic E-state index is 11.8. The third kappa shape index (κ3) is 9.88. The van der Waals surface area contributed by atoms with E-state index < -0.39 is 10.0 Å². The Hall–Kier alpha value is 0.220. The first kappa shape index (κ1) is 17.2. The quantitative estimate of drug-likeness (QED) is 0.595. The van der Waals surface area contributed by atoms with E-state index in [1.165, 1.54) is 0 Å². The molecule has 4 nitrogen and oxygen atoms in total. The molecule has 1 unspecified atom stereocenters. The molecular weight excluding hydrogens is 256 g/mol. The van der Waals surface area contributed by atoms with Crippen LogP contribution in [0.4, 0.5) is 0 Å². The molecule has 0 bridgehead atoms. The molecule has 1 atom stereocenters. The van der Waals surface area contributed by atoms with Crippen LogP contribution in [0.3, 0.4) is 0 Å². The standard InChI is InChI=1S/C11H26N2O2S2/c1-5-11(9-16-4)13-17(14,15)8-6-7-12-10(2)3/h10-13H,5-9H2,1-4H3. The third-order valence-electron chi connectivity index (χ3n) is 2.35. The highest BCUT2D eigenvalue weighted by Crippen LogP contribution is 2.03. The molecule has 0 aliphatic rings. The Bertz CT molecular complexity index is 279. The molecule has 0 aliphatic heterocycles. The van der Waals surface area contributed by atoms with Crippen LogP contribution < -0.4 is 10.0 Å². The Morgan fingerprint density at radius 1 is 1.29 bits per heavy atom. The van der Waals surface area contributed by atoms with Crippen LogP contribution in [0.1, 0.15) is 33.6 Å². The number of nitrogens with one attached hydrogen (secondary N) is 2. The summed E-state index contributed by atoms with van der Waals surface area (Å²) >= 11 is 1.67. The molecule has 2 N–H and O–H groups in total. The highest BCUT2D eigenvalue weighted by atomic mass is 32.2. The monoisotopic (exact) mass is 282 g/mol. The van der Waals surface area contributed by atoms with Crippen molar-refractivity contribution in [3.63, 3.8) is 0 Å². The van der Waals surface area contributed by atoms with Crippen LogP contribution in [0.5, 0.6) is 0 Å². The predicted octanol–water partition coefficient (Wildman–Crippen LogP) is 1.44. The molecule has 6 heteroatoms. The molecule has 0 aromatic heterocycles. The van der Waals surface area contributed by atoms with Crippen molar-refractivity contribution in [2.45, 2.75) is 45.7 Å². The average molecular weight is 282 g/mol. The van der Waals surface area contributed by atoms with Crippen molar-refractivity contribution in [3.05, 3.63) is 0 Å². The van der Waals surface area contributed by atoms with Crippen LogP contribution in [-0.4, -0.2) is 44.8 Å². The normalized spacial score (nSPS) is 14.2. The first-order valence-corrected chi connectivity index (χ1v) is 9.18. The van der Waals surface area contributed by atoms with Crippen LogP contribution in [-0.2, 0) is 10.0 Å². The molecule has 0 spiro atoms. The van der Waals surface area contributed by atoms with Gasteiger partial charge in [0.1, 0.15) is 0 Å². The van der Waals surface area contributed by atoms with E-state index in [1.54, 1.807) is 11.8 Å². The van der Waals surface area contributed by atoms with Gasteiger partial charge < -0.3 is 5.32 Å². The van der Waals surface area contributed by atoms with Crippen molar-refractivity contribution in [3.8, 4) is 0 Å². The SMILES string of the molecule is CCC(CSC)NS(=O)(=O)CCCNC(C)C. The Balaban J connectivity index is 3.93. The largest absolute Gasteiger partial charge is 0.314 e. The van der Waals surface area contributed by atoms with Gasteiger partial charge in [-0.15, -0.1) is 0 Å². The average Bonchev–Trinajstić information content (AvgIpc) is 2.23. The van der Waals surface area contributed by atoms with Crippen molar-refractivity contribution in [2.75, 3.05) is 24.3 Å². The van der Waals surface area contributed by atoms with Crippen molar-refractivity contribution >= 4 is 21.8 Å². The minimum absolute atomic E-state index is 0.0630. The summed E-state index contributed by atoms with van der Waals surface area (Å²) in [5.41, 5.74) is 0. The first-order valence-electron chi connectivity index (χ1n) is 6.13. The maximum absolute atomic E-state index is 11.8. The molecule has 0 rings (SSSR count). The van der Waals surface area contributed by atoms with Crippen molar-refractivity contribution in [2.24, 2.45) is 0 Å². The van der Waals surface area contributed by atoms with Crippen LogP contribution in [0.2, 0.25) is 0 Å². The van der Waals surface area contributed by atoms with Crippen LogP contribution in [0.25, 0.3) is 0 Å². The van der Waals surface area contributed by atoms with E-state index in [0.717, 1.165) is 18.7 Å². The number of rotatable bonds is 10. The van der Waals surface area contributed by atoms with E-state index in [9.17, 15) is 8.42 Å². The van der Waals surface area contributed by atoms with Crippen molar-refractivity contribution in [1.82, 2.24) is 10.0 Å². The zero-order chi connectivity index (χ0) is 13.3. The summed E-state index contributed by atoms with van der Waals surface area (Å²) in [7, 11) is -3.12. The number of thioether (sulfide) groups is 1. The summed E-state index contributed by atoms with van der Waals surface area (Å²) in [6.45, 7) is 6.86. The highest BCUT2D eigenvalue weighted by Gasteiger charge is 2.15. The van der Waals surface area contributed by atoms with Crippen LogP contribution in [0.15, 0.2) is 0 Å². The molecule has 0 amide bonds. The molecule has 0 aliphatic carbocycles. The summed E-state index contributed by atoms with van der Waals surface area (Å²) in [6.07, 6.45) is 3.48. The second-order valence-corrected chi connectivity index (χ2v) is 7.24. The van der Waals surface area contributed by atoms with Gasteiger partial charge in [0, 0.05) is 17.8 Å². The molecule has 0 saturated heterocycles. The summed E-state index contributed by atoms with van der Waals surface area (Å²) in [4.78, 5) is 0. The van der Waals surface area contributed by atoms with Gasteiger partial charge in [0.2, 0.25) is 10.0 Å². The molecule has 0 saturated carbocycles. The second-order valence-electron chi connectivity index (χ2n) is 4.46. The summed E-state index contributed by atoms with van der Waals surface area (Å²) in [6, 6.07) is 0.471. The van der Waals surface area contributed by atoms with Crippen molar-refractivity contribution in [1.29, 1.82) is 0 Å². The first-order chi connectivity index (χ1) is 7.91. The fourth-order valence-corrected chi connectivity index (χ4v) is 3.63. The maximum Gasteiger partial charge on any atom is 0.211 e. The molecule has 0 radical (unpaired) electrons. The van der Waals surface area contributed by atoms with E-state index >= 15 is 0 Å². The van der Waals surface area contributed by atoms with E-state index in [-0.39, 0.29) is 11.8 Å². The van der Waals surface area contributed by atoms with Crippen LogP contribution >= 0.6 is 11.8 Å². The molecule has 0 aromatic carbocycles. The number of hydrogen-bond acceptors (Lipinski definition) is 4. The predicted molar refractivity (Wildman–Crippen MR) is 77.1 cm³/mol. The summed E-state index contributed by atoms with van der Waals surface area (Å²) in [5, 5.41) is 3.21. The minimum atomic E-state index is -3.12. The number of hydrogen-bond donors (Lipinski definition) is 2. The molecule has 104 valence electrons. The van der Waals surface area contributed by atoms with Gasteiger partial charge in [0.05, 0.1) is 5.75 Å². The van der Waals surface area contributed by atoms with Crippen LogP contribution in [0, 0.1) is 0 Å². The Morgan fingerprint density at radius 2 is 1.94 bits per heavy atom. The van der Waals surface area contributed by atoms with E-state index in [2.05, 4.69) is 23.9 Å². The fourth-order valence-electron chi connectivity index (χ4n) is 1.40. The second kappa shape index (κ2) is 9.19. The lowest BCUT2D eigenvalue weighted by molar-refractivity contribution is 0.546. The van der Waals surface area contributed by atoms with Gasteiger partial charge in [-0.05, 0) is 25.6 Å². The minimum Gasteiger partial charge on any atom is -0.314 e. The number of sulfonamides is 1. The lowest BCUT2D eigenvalue weighted by atomic mass is 10.3. The fraction of sp³-hybridized carbons (Fsp3) is 1.00. The van der Waals surface area contributed by atoms with Gasteiger partial charge >= 0.3 is 0 Å². The van der Waals surface area contributed by atoms with Gasteiger partial charge in [-0.25, -0.2) is 13.1 Å². The molecule has 17 heavy (non-hydrogen) atoms. The molecule has 0 aromatic rings. The highest BCUT2D eigenvalue weighted by molar-refractivity contribution is 7.98.